The fourth-order valence-corrected chi connectivity index (χ4v) is 3.92. The average molecular weight is 442 g/mol. The minimum Gasteiger partial charge on any atom is -0.481 e. The summed E-state index contributed by atoms with van der Waals surface area (Å²) in [5.41, 5.74) is 0. The van der Waals surface area contributed by atoms with Crippen molar-refractivity contribution in [3.8, 4) is 0 Å². The number of rotatable bonds is 13. The minimum atomic E-state index is -1.00. The number of carbonyl (C=O) groups excluding carboxylic acids is 2. The number of ether oxygens (including phenoxy) is 2. The van der Waals surface area contributed by atoms with E-state index in [0.29, 0.717) is 12.3 Å². The Labute approximate surface area is 187 Å². The molecule has 3 atom stereocenters. The predicted octanol–water partition coefficient (Wildman–Crippen LogP) is 5.51. The molecule has 31 heavy (non-hydrogen) atoms. The van der Waals surface area contributed by atoms with Crippen molar-refractivity contribution in [2.24, 2.45) is 23.7 Å². The molecule has 1 aliphatic rings. The number of nitrogens with one attached hydrogen (secondary N) is 1. The molecular weight excluding hydrogens is 398 g/mol. The van der Waals surface area contributed by atoms with Crippen molar-refractivity contribution in [3.63, 3.8) is 0 Å². The van der Waals surface area contributed by atoms with E-state index in [1.807, 2.05) is 0 Å². The van der Waals surface area contributed by atoms with Crippen LogP contribution in [0.25, 0.3) is 0 Å². The van der Waals surface area contributed by atoms with Crippen LogP contribution in [0.4, 0.5) is 4.79 Å². The Bertz CT molecular complexity index is 556. The van der Waals surface area contributed by atoms with Gasteiger partial charge in [0.25, 0.3) is 6.29 Å². The maximum atomic E-state index is 12.4. The molecule has 0 aliphatic heterocycles. The van der Waals surface area contributed by atoms with Crippen LogP contribution in [0.15, 0.2) is 0 Å². The quantitative estimate of drug-likeness (QED) is 0.288. The zero-order valence-electron chi connectivity index (χ0n) is 20.0. The summed E-state index contributed by atoms with van der Waals surface area (Å²) < 4.78 is 10.5. The molecule has 180 valence electrons. The first-order valence-electron chi connectivity index (χ1n) is 12.0. The lowest BCUT2D eigenvalue weighted by Crippen LogP contribution is -2.41. The number of carbonyl (C=O) groups is 3. The van der Waals surface area contributed by atoms with E-state index in [1.165, 1.54) is 38.5 Å². The normalized spacial score (nSPS) is 17.8. The molecule has 0 unspecified atom stereocenters. The van der Waals surface area contributed by atoms with Gasteiger partial charge in [0.05, 0.1) is 12.3 Å². The van der Waals surface area contributed by atoms with Gasteiger partial charge in [-0.1, -0.05) is 79.6 Å². The second-order valence-electron chi connectivity index (χ2n) is 9.81. The van der Waals surface area contributed by atoms with E-state index in [1.54, 1.807) is 27.7 Å². The molecule has 0 aromatic heterocycles. The summed E-state index contributed by atoms with van der Waals surface area (Å²) in [6, 6.07) is -0.518. The standard InChI is InChI=1S/C24H43NO6/c1-16(2)22(28)30-23(17(3)4)31-24(29)25-20(15-21(26)27)14-12-18(5)11-13-19-9-7-6-8-10-19/h16-20,23H,6-15H2,1-5H3,(H,25,29)(H,26,27)/t18-,20+,23-/m1/s1. The third kappa shape index (κ3) is 12.0. The van der Waals surface area contributed by atoms with E-state index in [-0.39, 0.29) is 18.3 Å². The highest BCUT2D eigenvalue weighted by atomic mass is 16.7. The van der Waals surface area contributed by atoms with Gasteiger partial charge in [-0.3, -0.25) is 9.59 Å². The summed E-state index contributed by atoms with van der Waals surface area (Å²) in [6.07, 6.45) is 8.58. The Morgan fingerprint density at radius 1 is 0.935 bits per heavy atom. The fraction of sp³-hybridized carbons (Fsp3) is 0.875. The first-order chi connectivity index (χ1) is 14.6. The van der Waals surface area contributed by atoms with Crippen LogP contribution in [0, 0.1) is 23.7 Å². The summed E-state index contributed by atoms with van der Waals surface area (Å²) in [7, 11) is 0. The van der Waals surface area contributed by atoms with Gasteiger partial charge in [-0.05, 0) is 24.7 Å². The molecule has 0 heterocycles. The Kier molecular flexibility index (Phi) is 12.6. The number of esters is 1. The number of alkyl carbamates (subject to hydrolysis) is 1. The highest BCUT2D eigenvalue weighted by molar-refractivity contribution is 5.73. The monoisotopic (exact) mass is 441 g/mol. The third-order valence-corrected chi connectivity index (χ3v) is 6.01. The van der Waals surface area contributed by atoms with E-state index in [2.05, 4.69) is 12.2 Å². The van der Waals surface area contributed by atoms with E-state index in [0.717, 1.165) is 18.8 Å². The van der Waals surface area contributed by atoms with Crippen LogP contribution < -0.4 is 5.32 Å². The fourth-order valence-electron chi connectivity index (χ4n) is 3.92. The molecule has 1 aliphatic carbocycles. The molecule has 0 spiro atoms. The maximum absolute atomic E-state index is 12.4. The molecular formula is C24H43NO6. The van der Waals surface area contributed by atoms with E-state index in [9.17, 15) is 19.5 Å². The van der Waals surface area contributed by atoms with Crippen molar-refractivity contribution < 1.29 is 29.0 Å². The molecule has 0 radical (unpaired) electrons. The lowest BCUT2D eigenvalue weighted by Gasteiger charge is -2.25. The summed E-state index contributed by atoms with van der Waals surface area (Å²) >= 11 is 0. The number of hydrogen-bond donors (Lipinski definition) is 2. The van der Waals surface area contributed by atoms with E-state index in [4.69, 9.17) is 9.47 Å². The Morgan fingerprint density at radius 2 is 1.58 bits per heavy atom. The van der Waals surface area contributed by atoms with E-state index >= 15 is 0 Å². The van der Waals surface area contributed by atoms with Crippen molar-refractivity contribution in [1.29, 1.82) is 0 Å². The zero-order valence-corrected chi connectivity index (χ0v) is 20.0. The second-order valence-corrected chi connectivity index (χ2v) is 9.81. The number of hydrogen-bond acceptors (Lipinski definition) is 5. The van der Waals surface area contributed by atoms with Crippen LogP contribution in [0.1, 0.15) is 98.8 Å². The van der Waals surface area contributed by atoms with Crippen molar-refractivity contribution in [3.05, 3.63) is 0 Å². The van der Waals surface area contributed by atoms with Gasteiger partial charge < -0.3 is 19.9 Å². The number of carboxylic acids is 1. The van der Waals surface area contributed by atoms with Gasteiger partial charge in [0.15, 0.2) is 0 Å². The predicted molar refractivity (Wildman–Crippen MR) is 119 cm³/mol. The number of aliphatic carboxylic acids is 1. The Balaban J connectivity index is 2.50. The van der Waals surface area contributed by atoms with Crippen LogP contribution in [0.2, 0.25) is 0 Å². The molecule has 0 aromatic rings. The zero-order chi connectivity index (χ0) is 23.4. The van der Waals surface area contributed by atoms with Gasteiger partial charge in [-0.15, -0.1) is 0 Å². The summed E-state index contributed by atoms with van der Waals surface area (Å²) in [4.78, 5) is 35.5. The lowest BCUT2D eigenvalue weighted by atomic mass is 9.83. The summed E-state index contributed by atoms with van der Waals surface area (Å²) in [5.74, 6) is -0.645. The first kappa shape index (κ1) is 27.2. The van der Waals surface area contributed by atoms with Crippen molar-refractivity contribution in [2.45, 2.75) is 111 Å². The Hall–Kier alpha value is -1.79. The van der Waals surface area contributed by atoms with Gasteiger partial charge in [-0.25, -0.2) is 4.79 Å². The van der Waals surface area contributed by atoms with Crippen molar-refractivity contribution >= 4 is 18.0 Å². The van der Waals surface area contributed by atoms with Crippen molar-refractivity contribution in [1.82, 2.24) is 5.32 Å². The summed E-state index contributed by atoms with van der Waals surface area (Å²) in [6.45, 7) is 9.18. The third-order valence-electron chi connectivity index (χ3n) is 6.01. The molecule has 0 aromatic carbocycles. The van der Waals surface area contributed by atoms with Crippen LogP contribution in [0.3, 0.4) is 0 Å². The molecule has 7 nitrogen and oxygen atoms in total. The van der Waals surface area contributed by atoms with Gasteiger partial charge in [0.2, 0.25) is 0 Å². The second kappa shape index (κ2) is 14.3. The number of amides is 1. The molecule has 1 fully saturated rings. The van der Waals surface area contributed by atoms with Gasteiger partial charge in [0.1, 0.15) is 0 Å². The smallest absolute Gasteiger partial charge is 0.410 e. The molecule has 1 amide bonds. The van der Waals surface area contributed by atoms with E-state index < -0.39 is 30.4 Å². The maximum Gasteiger partial charge on any atom is 0.410 e. The molecule has 2 N–H and O–H groups in total. The first-order valence-corrected chi connectivity index (χ1v) is 12.0. The van der Waals surface area contributed by atoms with Gasteiger partial charge in [0, 0.05) is 12.0 Å². The van der Waals surface area contributed by atoms with Crippen LogP contribution in [-0.4, -0.2) is 35.5 Å². The topological polar surface area (TPSA) is 102 Å². The molecule has 1 rings (SSSR count). The van der Waals surface area contributed by atoms with Gasteiger partial charge >= 0.3 is 18.0 Å². The molecule has 1 saturated carbocycles. The molecule has 0 bridgehead atoms. The van der Waals surface area contributed by atoms with Crippen LogP contribution in [0.5, 0.6) is 0 Å². The van der Waals surface area contributed by atoms with Gasteiger partial charge in [-0.2, -0.15) is 0 Å². The largest absolute Gasteiger partial charge is 0.481 e. The minimum absolute atomic E-state index is 0.164. The Morgan fingerprint density at radius 3 is 2.13 bits per heavy atom. The lowest BCUT2D eigenvalue weighted by molar-refractivity contribution is -0.178. The molecule has 0 saturated heterocycles. The molecule has 7 heteroatoms. The van der Waals surface area contributed by atoms with Crippen molar-refractivity contribution in [2.75, 3.05) is 0 Å². The number of carboxylic acid groups (broad SMARTS) is 1. The SMILES string of the molecule is CC(C)C(=O)O[C@H](OC(=O)N[C@@H](CC[C@H](C)CCC1CCCCC1)CC(=O)O)C(C)C. The van der Waals surface area contributed by atoms with Crippen LogP contribution >= 0.6 is 0 Å². The van der Waals surface area contributed by atoms with Crippen LogP contribution in [-0.2, 0) is 19.1 Å². The average Bonchev–Trinajstić information content (AvgIpc) is 2.70. The summed E-state index contributed by atoms with van der Waals surface area (Å²) in [5, 5.41) is 11.9. The highest BCUT2D eigenvalue weighted by Crippen LogP contribution is 2.29. The highest BCUT2D eigenvalue weighted by Gasteiger charge is 2.26.